The lowest BCUT2D eigenvalue weighted by molar-refractivity contribution is 0.298. The molecule has 1 atom stereocenters. The fraction of sp³-hybridized carbons (Fsp3) is 0.368. The molecule has 0 saturated heterocycles. The Hall–Kier alpha value is -1.87. The molecule has 1 unspecified atom stereocenters. The highest BCUT2D eigenvalue weighted by atomic mass is 19.1. The van der Waals surface area contributed by atoms with Crippen LogP contribution in [0.1, 0.15) is 43.2 Å². The van der Waals surface area contributed by atoms with E-state index in [0.29, 0.717) is 19.1 Å². The van der Waals surface area contributed by atoms with Crippen LogP contribution in [0.15, 0.2) is 48.5 Å². The summed E-state index contributed by atoms with van der Waals surface area (Å²) in [5.74, 6) is 1.34. The molecule has 3 heteroatoms. The molecule has 22 heavy (non-hydrogen) atoms. The maximum absolute atomic E-state index is 13.0. The van der Waals surface area contributed by atoms with Gasteiger partial charge < -0.3 is 10.5 Å². The molecule has 0 saturated carbocycles. The molecular formula is C19H24FNO. The Balaban J connectivity index is 1.91. The van der Waals surface area contributed by atoms with Crippen molar-refractivity contribution in [2.24, 2.45) is 5.73 Å². The summed E-state index contributed by atoms with van der Waals surface area (Å²) in [6.07, 6.45) is 0.814. The van der Waals surface area contributed by atoms with Gasteiger partial charge in [-0.15, -0.1) is 0 Å². The minimum absolute atomic E-state index is 0.189. The molecule has 0 spiro atoms. The van der Waals surface area contributed by atoms with Gasteiger partial charge in [-0.2, -0.15) is 0 Å². The van der Waals surface area contributed by atoms with Crippen LogP contribution >= 0.6 is 0 Å². The van der Waals surface area contributed by atoms with E-state index in [1.54, 1.807) is 12.1 Å². The van der Waals surface area contributed by atoms with E-state index in [2.05, 4.69) is 26.0 Å². The summed E-state index contributed by atoms with van der Waals surface area (Å²) in [5.41, 5.74) is 8.17. The van der Waals surface area contributed by atoms with Crippen LogP contribution in [0.5, 0.6) is 5.75 Å². The largest absolute Gasteiger partial charge is 0.494 e. The highest BCUT2D eigenvalue weighted by Gasteiger charge is 2.10. The number of nitrogens with two attached hydrogens (primary N) is 1. The summed E-state index contributed by atoms with van der Waals surface area (Å²) in [5, 5.41) is 0. The molecule has 0 aliphatic carbocycles. The fourth-order valence-corrected chi connectivity index (χ4v) is 2.44. The predicted octanol–water partition coefficient (Wildman–Crippen LogP) is 4.46. The van der Waals surface area contributed by atoms with Crippen molar-refractivity contribution in [3.05, 3.63) is 65.5 Å². The first-order chi connectivity index (χ1) is 10.6. The average Bonchev–Trinajstić information content (AvgIpc) is 2.53. The van der Waals surface area contributed by atoms with Crippen LogP contribution < -0.4 is 10.5 Å². The van der Waals surface area contributed by atoms with Crippen LogP contribution in [-0.2, 0) is 0 Å². The summed E-state index contributed by atoms with van der Waals surface area (Å²) < 4.78 is 18.8. The van der Waals surface area contributed by atoms with Crippen molar-refractivity contribution in [1.82, 2.24) is 0 Å². The van der Waals surface area contributed by atoms with Crippen LogP contribution in [0.4, 0.5) is 4.39 Å². The van der Waals surface area contributed by atoms with E-state index >= 15 is 0 Å². The second-order valence-electron chi connectivity index (χ2n) is 5.85. The van der Waals surface area contributed by atoms with E-state index in [9.17, 15) is 4.39 Å². The van der Waals surface area contributed by atoms with Gasteiger partial charge in [0.2, 0.25) is 0 Å². The lowest BCUT2D eigenvalue weighted by Gasteiger charge is -2.16. The number of hydrogen-bond donors (Lipinski definition) is 1. The summed E-state index contributed by atoms with van der Waals surface area (Å²) in [6.45, 7) is 5.46. The van der Waals surface area contributed by atoms with Gasteiger partial charge in [0.15, 0.2) is 0 Å². The Morgan fingerprint density at radius 1 is 1.05 bits per heavy atom. The first-order valence-electron chi connectivity index (χ1n) is 7.78. The van der Waals surface area contributed by atoms with Gasteiger partial charge in [0, 0.05) is 0 Å². The van der Waals surface area contributed by atoms with Gasteiger partial charge in [-0.1, -0.05) is 38.1 Å². The van der Waals surface area contributed by atoms with Gasteiger partial charge >= 0.3 is 0 Å². The summed E-state index contributed by atoms with van der Waals surface area (Å²) in [6, 6.07) is 14.7. The third kappa shape index (κ3) is 4.57. The van der Waals surface area contributed by atoms with Crippen molar-refractivity contribution < 1.29 is 9.13 Å². The quantitative estimate of drug-likeness (QED) is 0.819. The van der Waals surface area contributed by atoms with Crippen molar-refractivity contribution in [1.29, 1.82) is 0 Å². The van der Waals surface area contributed by atoms with Crippen LogP contribution in [0.3, 0.4) is 0 Å². The molecule has 0 heterocycles. The molecule has 2 nitrogen and oxygen atoms in total. The molecule has 0 aromatic heterocycles. The van der Waals surface area contributed by atoms with Gasteiger partial charge in [-0.25, -0.2) is 4.39 Å². The Labute approximate surface area is 132 Å². The number of ether oxygens (including phenoxy) is 1. The van der Waals surface area contributed by atoms with E-state index in [-0.39, 0.29) is 11.7 Å². The van der Waals surface area contributed by atoms with Crippen LogP contribution in [0.25, 0.3) is 0 Å². The Kier molecular flexibility index (Phi) is 5.96. The molecular weight excluding hydrogens is 277 g/mol. The second-order valence-corrected chi connectivity index (χ2v) is 5.85. The minimum atomic E-state index is -0.221. The number of rotatable bonds is 7. The second kappa shape index (κ2) is 7.95. The van der Waals surface area contributed by atoms with E-state index in [4.69, 9.17) is 10.5 Å². The zero-order valence-electron chi connectivity index (χ0n) is 13.3. The smallest absolute Gasteiger partial charge is 0.123 e. The van der Waals surface area contributed by atoms with Gasteiger partial charge in [0.05, 0.1) is 6.61 Å². The first-order valence-corrected chi connectivity index (χ1v) is 7.78. The molecule has 0 fully saturated rings. The van der Waals surface area contributed by atoms with Gasteiger partial charge in [-0.05, 0) is 60.2 Å². The van der Waals surface area contributed by atoms with E-state index < -0.39 is 0 Å². The molecule has 0 bridgehead atoms. The molecule has 118 valence electrons. The Morgan fingerprint density at radius 3 is 2.41 bits per heavy atom. The van der Waals surface area contributed by atoms with Crippen molar-refractivity contribution in [3.63, 3.8) is 0 Å². The monoisotopic (exact) mass is 301 g/mol. The third-order valence-electron chi connectivity index (χ3n) is 3.89. The molecule has 0 aliphatic rings. The number of hydrogen-bond acceptors (Lipinski definition) is 2. The van der Waals surface area contributed by atoms with Crippen molar-refractivity contribution in [3.8, 4) is 5.75 Å². The highest BCUT2D eigenvalue weighted by Crippen LogP contribution is 2.22. The molecule has 0 aliphatic heterocycles. The molecule has 2 N–H and O–H groups in total. The van der Waals surface area contributed by atoms with E-state index in [0.717, 1.165) is 17.7 Å². The highest BCUT2D eigenvalue weighted by molar-refractivity contribution is 5.30. The maximum atomic E-state index is 13.0. The summed E-state index contributed by atoms with van der Waals surface area (Å²) >= 11 is 0. The van der Waals surface area contributed by atoms with Crippen molar-refractivity contribution >= 4 is 0 Å². The van der Waals surface area contributed by atoms with Gasteiger partial charge in [-0.3, -0.25) is 0 Å². The molecule has 2 aromatic carbocycles. The molecule has 0 amide bonds. The third-order valence-corrected chi connectivity index (χ3v) is 3.89. The first kappa shape index (κ1) is 16.5. The number of halogens is 1. The zero-order chi connectivity index (χ0) is 15.9. The van der Waals surface area contributed by atoms with Crippen LogP contribution in [0, 0.1) is 5.82 Å². The Morgan fingerprint density at radius 2 is 1.77 bits per heavy atom. The van der Waals surface area contributed by atoms with E-state index in [1.165, 1.54) is 17.7 Å². The average molecular weight is 301 g/mol. The lowest BCUT2D eigenvalue weighted by atomic mass is 9.96. The normalized spacial score (nSPS) is 12.4. The standard InChI is InChI=1S/C19H24FNO/c1-14(2)16-4-3-5-19(12-16)22-11-10-17(13-21)15-6-8-18(20)9-7-15/h3-9,12,14,17H,10-11,13,21H2,1-2H3. The van der Waals surface area contributed by atoms with Gasteiger partial charge in [0.25, 0.3) is 0 Å². The Bertz CT molecular complexity index is 580. The lowest BCUT2D eigenvalue weighted by Crippen LogP contribution is -2.15. The van der Waals surface area contributed by atoms with Crippen molar-refractivity contribution in [2.75, 3.05) is 13.2 Å². The SMILES string of the molecule is CC(C)c1cccc(OCCC(CN)c2ccc(F)cc2)c1. The van der Waals surface area contributed by atoms with Crippen LogP contribution in [0.2, 0.25) is 0 Å². The molecule has 0 radical (unpaired) electrons. The van der Waals surface area contributed by atoms with E-state index in [1.807, 2.05) is 12.1 Å². The zero-order valence-corrected chi connectivity index (χ0v) is 13.3. The van der Waals surface area contributed by atoms with Gasteiger partial charge in [0.1, 0.15) is 11.6 Å². The number of benzene rings is 2. The van der Waals surface area contributed by atoms with Crippen molar-refractivity contribution in [2.45, 2.75) is 32.1 Å². The summed E-state index contributed by atoms with van der Waals surface area (Å²) in [7, 11) is 0. The molecule has 2 rings (SSSR count). The fourth-order valence-electron chi connectivity index (χ4n) is 2.44. The topological polar surface area (TPSA) is 35.2 Å². The summed E-state index contributed by atoms with van der Waals surface area (Å²) in [4.78, 5) is 0. The predicted molar refractivity (Wildman–Crippen MR) is 88.8 cm³/mol. The van der Waals surface area contributed by atoms with Crippen LogP contribution in [-0.4, -0.2) is 13.2 Å². The maximum Gasteiger partial charge on any atom is 0.123 e. The minimum Gasteiger partial charge on any atom is -0.494 e. The molecule has 2 aromatic rings.